The van der Waals surface area contributed by atoms with Crippen molar-refractivity contribution in [2.45, 2.75) is 57.2 Å². The van der Waals surface area contributed by atoms with Crippen molar-refractivity contribution in [2.24, 2.45) is 5.41 Å². The number of hydrogen-bond donors (Lipinski definition) is 0. The van der Waals surface area contributed by atoms with Gasteiger partial charge in [0.15, 0.2) is 0 Å². The van der Waals surface area contributed by atoms with Gasteiger partial charge >= 0.3 is 0 Å². The fourth-order valence-electron chi connectivity index (χ4n) is 5.00. The van der Waals surface area contributed by atoms with Crippen molar-refractivity contribution in [3.8, 4) is 0 Å². The van der Waals surface area contributed by atoms with E-state index in [4.69, 9.17) is 4.74 Å². The summed E-state index contributed by atoms with van der Waals surface area (Å²) in [6, 6.07) is 5.77. The monoisotopic (exact) mass is 329 g/mol. The van der Waals surface area contributed by atoms with Crippen molar-refractivity contribution in [3.05, 3.63) is 30.1 Å². The fourth-order valence-corrected chi connectivity index (χ4v) is 5.00. The Morgan fingerprint density at radius 1 is 1.21 bits per heavy atom. The standard InChI is InChI=1S/C20H31N3O/c1-24-15-19-13-20(7-11-22(12-8-20)18-3-2-4-18)16-23(19)14-17-5-9-21-10-6-17/h5-6,9-10,18-19H,2-4,7-8,11-16H2,1H3. The molecule has 4 nitrogen and oxygen atoms in total. The Morgan fingerprint density at radius 2 is 1.96 bits per heavy atom. The molecule has 0 radical (unpaired) electrons. The summed E-state index contributed by atoms with van der Waals surface area (Å²) < 4.78 is 5.55. The average Bonchev–Trinajstić information content (AvgIpc) is 2.87. The van der Waals surface area contributed by atoms with E-state index in [0.717, 1.165) is 19.2 Å². The van der Waals surface area contributed by atoms with Crippen LogP contribution >= 0.6 is 0 Å². The molecule has 4 rings (SSSR count). The molecule has 0 bridgehead atoms. The van der Waals surface area contributed by atoms with Gasteiger partial charge in [0.2, 0.25) is 0 Å². The molecule has 1 aliphatic carbocycles. The Balaban J connectivity index is 1.40. The molecule has 3 fully saturated rings. The van der Waals surface area contributed by atoms with Crippen LogP contribution in [-0.4, -0.2) is 60.2 Å². The van der Waals surface area contributed by atoms with E-state index < -0.39 is 0 Å². The second-order valence-electron chi connectivity index (χ2n) is 8.19. The third-order valence-electron chi connectivity index (χ3n) is 6.67. The number of piperidine rings is 1. The highest BCUT2D eigenvalue weighted by Crippen LogP contribution is 2.45. The molecule has 1 spiro atoms. The summed E-state index contributed by atoms with van der Waals surface area (Å²) in [5.41, 5.74) is 1.89. The molecule has 0 N–H and O–H groups in total. The zero-order chi connectivity index (χ0) is 16.4. The number of aromatic nitrogens is 1. The largest absolute Gasteiger partial charge is 0.383 e. The number of rotatable bonds is 5. The van der Waals surface area contributed by atoms with Gasteiger partial charge in [-0.05, 0) is 68.3 Å². The Hall–Kier alpha value is -0.970. The Kier molecular flexibility index (Phi) is 4.88. The minimum atomic E-state index is 0.524. The minimum Gasteiger partial charge on any atom is -0.383 e. The predicted octanol–water partition coefficient (Wildman–Crippen LogP) is 2.94. The molecule has 1 aromatic heterocycles. The summed E-state index contributed by atoms with van der Waals surface area (Å²) in [5, 5.41) is 0. The molecule has 1 saturated carbocycles. The smallest absolute Gasteiger partial charge is 0.0618 e. The minimum absolute atomic E-state index is 0.524. The Morgan fingerprint density at radius 3 is 2.58 bits per heavy atom. The molecular formula is C20H31N3O. The molecule has 2 saturated heterocycles. The van der Waals surface area contributed by atoms with Crippen LogP contribution in [0, 0.1) is 5.41 Å². The van der Waals surface area contributed by atoms with Crippen molar-refractivity contribution in [1.29, 1.82) is 0 Å². The van der Waals surface area contributed by atoms with Crippen LogP contribution < -0.4 is 0 Å². The maximum Gasteiger partial charge on any atom is 0.0618 e. The lowest BCUT2D eigenvalue weighted by Crippen LogP contribution is -2.48. The van der Waals surface area contributed by atoms with Crippen LogP contribution in [0.2, 0.25) is 0 Å². The maximum absolute atomic E-state index is 5.55. The van der Waals surface area contributed by atoms with Crippen LogP contribution in [0.5, 0.6) is 0 Å². The van der Waals surface area contributed by atoms with E-state index in [2.05, 4.69) is 26.9 Å². The van der Waals surface area contributed by atoms with Gasteiger partial charge in [0.25, 0.3) is 0 Å². The number of hydrogen-bond acceptors (Lipinski definition) is 4. The zero-order valence-electron chi connectivity index (χ0n) is 15.0. The van der Waals surface area contributed by atoms with Crippen LogP contribution in [0.15, 0.2) is 24.5 Å². The summed E-state index contributed by atoms with van der Waals surface area (Å²) in [6.07, 6.45) is 12.2. The average molecular weight is 329 g/mol. The highest BCUT2D eigenvalue weighted by atomic mass is 16.5. The zero-order valence-corrected chi connectivity index (χ0v) is 15.0. The molecule has 0 amide bonds. The first kappa shape index (κ1) is 16.5. The first-order chi connectivity index (χ1) is 11.8. The Labute approximate surface area is 146 Å². The van der Waals surface area contributed by atoms with Crippen molar-refractivity contribution < 1.29 is 4.74 Å². The normalized spacial score (nSPS) is 28.3. The summed E-state index contributed by atoms with van der Waals surface area (Å²) >= 11 is 0. The van der Waals surface area contributed by atoms with Gasteiger partial charge in [0.05, 0.1) is 6.61 Å². The summed E-state index contributed by atoms with van der Waals surface area (Å²) in [6.45, 7) is 5.76. The van der Waals surface area contributed by atoms with Gasteiger partial charge in [-0.15, -0.1) is 0 Å². The molecule has 24 heavy (non-hydrogen) atoms. The van der Waals surface area contributed by atoms with Crippen molar-refractivity contribution in [1.82, 2.24) is 14.8 Å². The lowest BCUT2D eigenvalue weighted by molar-refractivity contribution is 0.0462. The lowest BCUT2D eigenvalue weighted by Gasteiger charge is -2.45. The third-order valence-corrected chi connectivity index (χ3v) is 6.67. The van der Waals surface area contributed by atoms with E-state index in [1.54, 1.807) is 0 Å². The molecule has 0 aromatic carbocycles. The maximum atomic E-state index is 5.55. The number of pyridine rings is 1. The second kappa shape index (κ2) is 7.11. The molecular weight excluding hydrogens is 298 g/mol. The SMILES string of the molecule is COCC1CC2(CCN(C3CCC3)CC2)CN1Cc1ccncc1. The molecule has 1 unspecified atom stereocenters. The van der Waals surface area contributed by atoms with Gasteiger partial charge in [-0.1, -0.05) is 6.42 Å². The van der Waals surface area contributed by atoms with Gasteiger partial charge < -0.3 is 9.64 Å². The summed E-state index contributed by atoms with van der Waals surface area (Å²) in [5.74, 6) is 0. The summed E-state index contributed by atoms with van der Waals surface area (Å²) in [4.78, 5) is 9.58. The first-order valence-corrected chi connectivity index (χ1v) is 9.64. The van der Waals surface area contributed by atoms with E-state index in [9.17, 15) is 0 Å². The summed E-state index contributed by atoms with van der Waals surface area (Å²) in [7, 11) is 1.84. The van der Waals surface area contributed by atoms with Gasteiger partial charge in [0, 0.05) is 44.7 Å². The van der Waals surface area contributed by atoms with Crippen LogP contribution in [0.25, 0.3) is 0 Å². The van der Waals surface area contributed by atoms with E-state index in [1.165, 1.54) is 63.7 Å². The number of nitrogens with zero attached hydrogens (tertiary/aromatic N) is 3. The lowest BCUT2D eigenvalue weighted by atomic mass is 9.75. The molecule has 2 aliphatic heterocycles. The predicted molar refractivity (Wildman–Crippen MR) is 95.8 cm³/mol. The molecule has 4 heteroatoms. The molecule has 3 heterocycles. The molecule has 1 atom stereocenters. The van der Waals surface area contributed by atoms with Crippen LogP contribution in [0.4, 0.5) is 0 Å². The Bertz CT molecular complexity index is 523. The number of ether oxygens (including phenoxy) is 1. The van der Waals surface area contributed by atoms with Gasteiger partial charge in [-0.3, -0.25) is 9.88 Å². The van der Waals surface area contributed by atoms with E-state index in [0.29, 0.717) is 11.5 Å². The molecule has 132 valence electrons. The molecule has 1 aromatic rings. The van der Waals surface area contributed by atoms with Gasteiger partial charge in [0.1, 0.15) is 0 Å². The highest BCUT2D eigenvalue weighted by molar-refractivity contribution is 5.11. The van der Waals surface area contributed by atoms with Gasteiger partial charge in [-0.25, -0.2) is 0 Å². The van der Waals surface area contributed by atoms with Crippen molar-refractivity contribution >= 4 is 0 Å². The quantitative estimate of drug-likeness (QED) is 0.830. The van der Waals surface area contributed by atoms with Crippen LogP contribution in [-0.2, 0) is 11.3 Å². The molecule has 3 aliphatic rings. The van der Waals surface area contributed by atoms with Crippen molar-refractivity contribution in [2.75, 3.05) is 33.4 Å². The number of methoxy groups -OCH3 is 1. The number of likely N-dealkylation sites (tertiary alicyclic amines) is 2. The van der Waals surface area contributed by atoms with Gasteiger partial charge in [-0.2, -0.15) is 0 Å². The van der Waals surface area contributed by atoms with E-state index in [1.807, 2.05) is 19.5 Å². The highest BCUT2D eigenvalue weighted by Gasteiger charge is 2.46. The first-order valence-electron chi connectivity index (χ1n) is 9.64. The van der Waals surface area contributed by atoms with E-state index >= 15 is 0 Å². The van der Waals surface area contributed by atoms with E-state index in [-0.39, 0.29) is 0 Å². The second-order valence-corrected chi connectivity index (χ2v) is 8.19. The topological polar surface area (TPSA) is 28.6 Å². The van der Waals surface area contributed by atoms with Crippen LogP contribution in [0.3, 0.4) is 0 Å². The third kappa shape index (κ3) is 3.37. The van der Waals surface area contributed by atoms with Crippen molar-refractivity contribution in [3.63, 3.8) is 0 Å². The fraction of sp³-hybridized carbons (Fsp3) is 0.750. The van der Waals surface area contributed by atoms with Crippen LogP contribution in [0.1, 0.15) is 44.1 Å².